The Morgan fingerprint density at radius 2 is 2.05 bits per heavy atom. The van der Waals surface area contributed by atoms with Gasteiger partial charge in [-0.2, -0.15) is 0 Å². The fraction of sp³-hybridized carbons (Fsp3) is 0.647. The van der Waals surface area contributed by atoms with Crippen LogP contribution < -0.4 is 5.32 Å². The molecule has 1 N–H and O–H groups in total. The smallest absolute Gasteiger partial charge is 0.0661 e. The van der Waals surface area contributed by atoms with E-state index in [1.165, 1.54) is 24.8 Å². The molecule has 110 valence electrons. The van der Waals surface area contributed by atoms with Crippen molar-refractivity contribution in [1.82, 2.24) is 5.32 Å². The van der Waals surface area contributed by atoms with Crippen molar-refractivity contribution in [3.8, 4) is 0 Å². The molecule has 3 rings (SSSR count). The van der Waals surface area contributed by atoms with Crippen LogP contribution in [-0.2, 0) is 4.74 Å². The number of halogens is 1. The van der Waals surface area contributed by atoms with Crippen molar-refractivity contribution < 1.29 is 4.74 Å². The molecule has 2 nitrogen and oxygen atoms in total. The highest BCUT2D eigenvalue weighted by Gasteiger charge is 2.58. The Hall–Kier alpha value is -0.570. The number of hydrogen-bond acceptors (Lipinski definition) is 2. The van der Waals surface area contributed by atoms with E-state index >= 15 is 0 Å². The molecule has 2 aliphatic carbocycles. The van der Waals surface area contributed by atoms with Gasteiger partial charge in [0.1, 0.15) is 0 Å². The number of rotatable bonds is 5. The highest BCUT2D eigenvalue weighted by molar-refractivity contribution is 6.30. The Bertz CT molecular complexity index is 455. The van der Waals surface area contributed by atoms with Gasteiger partial charge in [-0.05, 0) is 50.8 Å². The van der Waals surface area contributed by atoms with E-state index in [1.54, 1.807) is 0 Å². The predicted molar refractivity (Wildman–Crippen MR) is 83.1 cm³/mol. The summed E-state index contributed by atoms with van der Waals surface area (Å²) in [5.74, 6) is 0. The molecule has 3 heteroatoms. The molecule has 3 atom stereocenters. The van der Waals surface area contributed by atoms with Crippen molar-refractivity contribution in [1.29, 1.82) is 0 Å². The van der Waals surface area contributed by atoms with E-state index in [1.807, 2.05) is 12.1 Å². The summed E-state index contributed by atoms with van der Waals surface area (Å²) >= 11 is 5.95. The topological polar surface area (TPSA) is 21.3 Å². The van der Waals surface area contributed by atoms with Gasteiger partial charge in [0.2, 0.25) is 0 Å². The molecule has 2 unspecified atom stereocenters. The van der Waals surface area contributed by atoms with Crippen LogP contribution in [0.25, 0.3) is 0 Å². The molecule has 20 heavy (non-hydrogen) atoms. The predicted octanol–water partition coefficient (Wildman–Crippen LogP) is 4.34. The molecule has 0 radical (unpaired) electrons. The Morgan fingerprint density at radius 1 is 1.35 bits per heavy atom. The van der Waals surface area contributed by atoms with Crippen molar-refractivity contribution in [3.05, 3.63) is 34.9 Å². The van der Waals surface area contributed by atoms with Crippen LogP contribution in [0.4, 0.5) is 0 Å². The molecular formula is C17H24ClNO. The third kappa shape index (κ3) is 2.38. The summed E-state index contributed by atoms with van der Waals surface area (Å²) in [5, 5.41) is 4.61. The van der Waals surface area contributed by atoms with Gasteiger partial charge in [0.05, 0.1) is 6.10 Å². The molecule has 2 saturated carbocycles. The van der Waals surface area contributed by atoms with Gasteiger partial charge in [-0.15, -0.1) is 0 Å². The van der Waals surface area contributed by atoms with E-state index in [2.05, 4.69) is 31.3 Å². The third-order valence-corrected chi connectivity index (χ3v) is 5.51. The molecule has 1 spiro atoms. The van der Waals surface area contributed by atoms with E-state index in [4.69, 9.17) is 16.3 Å². The first-order chi connectivity index (χ1) is 9.65. The second-order valence-electron chi connectivity index (χ2n) is 6.26. The highest BCUT2D eigenvalue weighted by atomic mass is 35.5. The molecular weight excluding hydrogens is 270 g/mol. The molecule has 0 amide bonds. The molecule has 1 aromatic rings. The maximum Gasteiger partial charge on any atom is 0.0661 e. The van der Waals surface area contributed by atoms with E-state index in [0.29, 0.717) is 23.6 Å². The zero-order chi connectivity index (χ0) is 14.2. The summed E-state index contributed by atoms with van der Waals surface area (Å²) in [6.07, 6.45) is 5.64. The normalized spacial score (nSPS) is 28.8. The minimum absolute atomic E-state index is 0.373. The summed E-state index contributed by atoms with van der Waals surface area (Å²) in [6, 6.07) is 9.16. The van der Waals surface area contributed by atoms with Crippen LogP contribution in [0.15, 0.2) is 24.3 Å². The van der Waals surface area contributed by atoms with Gasteiger partial charge in [0.15, 0.2) is 0 Å². The average molecular weight is 294 g/mol. The van der Waals surface area contributed by atoms with Crippen molar-refractivity contribution in [3.63, 3.8) is 0 Å². The lowest BCUT2D eigenvalue weighted by molar-refractivity contribution is -0.174. The fourth-order valence-corrected chi connectivity index (χ4v) is 3.95. The van der Waals surface area contributed by atoms with Crippen LogP contribution in [-0.4, -0.2) is 18.8 Å². The molecule has 0 aromatic heterocycles. The van der Waals surface area contributed by atoms with Crippen LogP contribution in [0.3, 0.4) is 0 Å². The number of benzene rings is 1. The van der Waals surface area contributed by atoms with Gasteiger partial charge in [0.25, 0.3) is 0 Å². The van der Waals surface area contributed by atoms with E-state index < -0.39 is 0 Å². The van der Waals surface area contributed by atoms with Crippen molar-refractivity contribution in [2.24, 2.45) is 5.41 Å². The zero-order valence-electron chi connectivity index (χ0n) is 12.4. The minimum atomic E-state index is 0.373. The Labute approximate surface area is 126 Å². The lowest BCUT2D eigenvalue weighted by Gasteiger charge is -2.61. The number of ether oxygens (including phenoxy) is 1. The SMILES string of the molecule is CCOC1CC(N[C@H](C)c2ccc(Cl)cc2)C12CCC2. The monoisotopic (exact) mass is 293 g/mol. The quantitative estimate of drug-likeness (QED) is 0.872. The van der Waals surface area contributed by atoms with Crippen LogP contribution in [0.5, 0.6) is 0 Å². The summed E-state index contributed by atoms with van der Waals surface area (Å²) in [6.45, 7) is 5.18. The van der Waals surface area contributed by atoms with Crippen molar-refractivity contribution in [2.45, 2.75) is 57.7 Å². The maximum absolute atomic E-state index is 5.95. The first-order valence-electron chi connectivity index (χ1n) is 7.79. The van der Waals surface area contributed by atoms with Gasteiger partial charge < -0.3 is 10.1 Å². The second-order valence-corrected chi connectivity index (χ2v) is 6.70. The largest absolute Gasteiger partial charge is 0.378 e. The molecule has 0 aliphatic heterocycles. The van der Waals surface area contributed by atoms with Crippen LogP contribution in [0.1, 0.15) is 51.1 Å². The second kappa shape index (κ2) is 5.67. The molecule has 0 saturated heterocycles. The summed E-state index contributed by atoms with van der Waals surface area (Å²) in [5.41, 5.74) is 1.74. The van der Waals surface area contributed by atoms with Gasteiger partial charge >= 0.3 is 0 Å². The van der Waals surface area contributed by atoms with Gasteiger partial charge in [0, 0.05) is 29.1 Å². The first kappa shape index (κ1) is 14.4. The summed E-state index contributed by atoms with van der Waals surface area (Å²) in [4.78, 5) is 0. The van der Waals surface area contributed by atoms with Gasteiger partial charge in [-0.3, -0.25) is 0 Å². The Morgan fingerprint density at radius 3 is 2.60 bits per heavy atom. The van der Waals surface area contributed by atoms with Crippen molar-refractivity contribution in [2.75, 3.05) is 6.61 Å². The van der Waals surface area contributed by atoms with Gasteiger partial charge in [-0.1, -0.05) is 30.2 Å². The zero-order valence-corrected chi connectivity index (χ0v) is 13.1. The molecule has 0 bridgehead atoms. The van der Waals surface area contributed by atoms with E-state index in [-0.39, 0.29) is 0 Å². The van der Waals surface area contributed by atoms with E-state index in [0.717, 1.165) is 18.1 Å². The van der Waals surface area contributed by atoms with Crippen LogP contribution in [0.2, 0.25) is 5.02 Å². The molecule has 2 fully saturated rings. The maximum atomic E-state index is 5.95. The van der Waals surface area contributed by atoms with Gasteiger partial charge in [-0.25, -0.2) is 0 Å². The Kier molecular flexibility index (Phi) is 4.07. The highest BCUT2D eigenvalue weighted by Crippen LogP contribution is 2.57. The molecule has 2 aliphatic rings. The third-order valence-electron chi connectivity index (χ3n) is 5.26. The van der Waals surface area contributed by atoms with Crippen LogP contribution in [0, 0.1) is 5.41 Å². The Balaban J connectivity index is 1.62. The fourth-order valence-electron chi connectivity index (χ4n) is 3.82. The van der Waals surface area contributed by atoms with Crippen molar-refractivity contribution >= 4 is 11.6 Å². The lowest BCUT2D eigenvalue weighted by Crippen LogP contribution is -2.67. The standard InChI is InChI=1S/C17H24ClNO/c1-3-20-16-11-15(17(16)9-4-10-17)19-12(2)13-5-7-14(18)8-6-13/h5-8,12,15-16,19H,3-4,9-11H2,1-2H3/t12-,15?,16?/m1/s1. The molecule has 1 aromatic carbocycles. The molecule has 0 heterocycles. The minimum Gasteiger partial charge on any atom is -0.378 e. The average Bonchev–Trinajstić information content (AvgIpc) is 2.36. The van der Waals surface area contributed by atoms with E-state index in [9.17, 15) is 0 Å². The van der Waals surface area contributed by atoms with Crippen LogP contribution >= 0.6 is 11.6 Å². The number of hydrogen-bond donors (Lipinski definition) is 1. The summed E-state index contributed by atoms with van der Waals surface area (Å²) in [7, 11) is 0. The lowest BCUT2D eigenvalue weighted by atomic mass is 9.51. The number of nitrogens with one attached hydrogen (secondary N) is 1. The summed E-state index contributed by atoms with van der Waals surface area (Å²) < 4.78 is 5.91. The first-order valence-corrected chi connectivity index (χ1v) is 8.16.